The largest absolute Gasteiger partial charge is 0.322 e. The van der Waals surface area contributed by atoms with Crippen LogP contribution in [-0.4, -0.2) is 20.9 Å². The van der Waals surface area contributed by atoms with Crippen molar-refractivity contribution in [3.63, 3.8) is 0 Å². The van der Waals surface area contributed by atoms with Gasteiger partial charge in [-0.05, 0) is 54.1 Å². The van der Waals surface area contributed by atoms with Crippen LogP contribution in [-0.2, 0) is 4.79 Å². The Labute approximate surface area is 154 Å². The Bertz CT molecular complexity index is 1120. The average Bonchev–Trinajstić information content (AvgIpc) is 3.11. The first kappa shape index (κ1) is 16.7. The minimum Gasteiger partial charge on any atom is -0.322 e. The molecule has 1 amide bonds. The molecule has 0 aliphatic rings. The number of benzene rings is 3. The average molecular weight is 358 g/mol. The molecule has 0 atom stereocenters. The zero-order chi connectivity index (χ0) is 18.6. The fourth-order valence-electron chi connectivity index (χ4n) is 2.60. The SMILES string of the molecule is O=C(C=Cc1ccccc1)Nc1ccc2nn(-c3ccc(F)cc3)nc2c1. The first-order valence-corrected chi connectivity index (χ1v) is 8.34. The zero-order valence-corrected chi connectivity index (χ0v) is 14.2. The Morgan fingerprint density at radius 3 is 2.44 bits per heavy atom. The monoisotopic (exact) mass is 358 g/mol. The summed E-state index contributed by atoms with van der Waals surface area (Å²) in [5.41, 5.74) is 3.53. The number of nitrogens with one attached hydrogen (secondary N) is 1. The van der Waals surface area contributed by atoms with Crippen molar-refractivity contribution < 1.29 is 9.18 Å². The molecule has 1 aromatic heterocycles. The summed E-state index contributed by atoms with van der Waals surface area (Å²) in [5.74, 6) is -0.548. The summed E-state index contributed by atoms with van der Waals surface area (Å²) in [6, 6.07) is 20.8. The highest BCUT2D eigenvalue weighted by molar-refractivity contribution is 6.02. The maximum atomic E-state index is 13.1. The van der Waals surface area contributed by atoms with E-state index in [1.165, 1.54) is 23.0 Å². The van der Waals surface area contributed by atoms with Crippen molar-refractivity contribution in [1.82, 2.24) is 15.0 Å². The van der Waals surface area contributed by atoms with Crippen molar-refractivity contribution in [1.29, 1.82) is 0 Å². The lowest BCUT2D eigenvalue weighted by molar-refractivity contribution is -0.111. The van der Waals surface area contributed by atoms with Gasteiger partial charge in [-0.2, -0.15) is 4.80 Å². The number of fused-ring (bicyclic) bond motifs is 1. The lowest BCUT2D eigenvalue weighted by atomic mass is 10.2. The topological polar surface area (TPSA) is 59.8 Å². The fraction of sp³-hybridized carbons (Fsp3) is 0. The molecule has 3 aromatic carbocycles. The number of rotatable bonds is 4. The number of amides is 1. The van der Waals surface area contributed by atoms with Gasteiger partial charge >= 0.3 is 0 Å². The Hall–Kier alpha value is -3.80. The summed E-state index contributed by atoms with van der Waals surface area (Å²) >= 11 is 0. The molecule has 0 aliphatic carbocycles. The lowest BCUT2D eigenvalue weighted by Crippen LogP contribution is -2.07. The van der Waals surface area contributed by atoms with Crippen LogP contribution >= 0.6 is 0 Å². The van der Waals surface area contributed by atoms with Gasteiger partial charge in [0.1, 0.15) is 16.9 Å². The minimum atomic E-state index is -0.316. The van der Waals surface area contributed by atoms with E-state index in [1.54, 1.807) is 36.4 Å². The van der Waals surface area contributed by atoms with Crippen LogP contribution < -0.4 is 5.32 Å². The summed E-state index contributed by atoms with van der Waals surface area (Å²) in [6.45, 7) is 0. The maximum absolute atomic E-state index is 13.1. The third kappa shape index (κ3) is 3.90. The summed E-state index contributed by atoms with van der Waals surface area (Å²) in [5, 5.41) is 11.6. The van der Waals surface area contributed by atoms with Crippen molar-refractivity contribution in [3.05, 3.63) is 90.3 Å². The number of hydrogen-bond donors (Lipinski definition) is 1. The van der Waals surface area contributed by atoms with Crippen molar-refractivity contribution >= 4 is 28.7 Å². The van der Waals surface area contributed by atoms with Crippen LogP contribution in [0.1, 0.15) is 5.56 Å². The summed E-state index contributed by atoms with van der Waals surface area (Å²) < 4.78 is 13.1. The van der Waals surface area contributed by atoms with E-state index in [2.05, 4.69) is 15.5 Å². The molecule has 5 nitrogen and oxygen atoms in total. The quantitative estimate of drug-likeness (QED) is 0.556. The van der Waals surface area contributed by atoms with Gasteiger partial charge in [-0.3, -0.25) is 4.79 Å². The second-order valence-corrected chi connectivity index (χ2v) is 5.90. The zero-order valence-electron chi connectivity index (χ0n) is 14.2. The number of nitrogens with zero attached hydrogens (tertiary/aromatic N) is 3. The Morgan fingerprint density at radius 2 is 1.67 bits per heavy atom. The van der Waals surface area contributed by atoms with Gasteiger partial charge in [0.05, 0.1) is 5.69 Å². The molecule has 0 fully saturated rings. The predicted octanol–water partition coefficient (Wildman–Crippen LogP) is 4.21. The molecule has 6 heteroatoms. The van der Waals surface area contributed by atoms with Crippen molar-refractivity contribution in [3.8, 4) is 5.69 Å². The van der Waals surface area contributed by atoms with Gasteiger partial charge in [0.2, 0.25) is 5.91 Å². The highest BCUT2D eigenvalue weighted by Crippen LogP contribution is 2.18. The second kappa shape index (κ2) is 7.21. The van der Waals surface area contributed by atoms with E-state index in [1.807, 2.05) is 30.3 Å². The van der Waals surface area contributed by atoms with Crippen molar-refractivity contribution in [2.45, 2.75) is 0 Å². The second-order valence-electron chi connectivity index (χ2n) is 5.90. The molecule has 0 aliphatic heterocycles. The summed E-state index contributed by atoms with van der Waals surface area (Å²) in [4.78, 5) is 13.5. The number of carbonyl (C=O) groups excluding carboxylic acids is 1. The number of anilines is 1. The lowest BCUT2D eigenvalue weighted by Gasteiger charge is -2.01. The summed E-state index contributed by atoms with van der Waals surface area (Å²) in [7, 11) is 0. The molecule has 4 rings (SSSR count). The van der Waals surface area contributed by atoms with Crippen LogP contribution in [0, 0.1) is 5.82 Å². The summed E-state index contributed by atoms with van der Waals surface area (Å²) in [6.07, 6.45) is 3.23. The molecule has 27 heavy (non-hydrogen) atoms. The molecule has 0 unspecified atom stereocenters. The van der Waals surface area contributed by atoms with Crippen molar-refractivity contribution in [2.24, 2.45) is 0 Å². The van der Waals surface area contributed by atoms with Crippen LogP contribution in [0.25, 0.3) is 22.8 Å². The Balaban J connectivity index is 1.52. The third-order valence-corrected chi connectivity index (χ3v) is 3.93. The van der Waals surface area contributed by atoms with Gasteiger partial charge in [-0.25, -0.2) is 4.39 Å². The first-order chi connectivity index (χ1) is 13.2. The van der Waals surface area contributed by atoms with Crippen LogP contribution in [0.3, 0.4) is 0 Å². The van der Waals surface area contributed by atoms with Crippen LogP contribution in [0.2, 0.25) is 0 Å². The molecule has 0 saturated carbocycles. The molecular formula is C21H15FN4O. The van der Waals surface area contributed by atoms with E-state index in [9.17, 15) is 9.18 Å². The highest BCUT2D eigenvalue weighted by Gasteiger charge is 2.07. The minimum absolute atomic E-state index is 0.232. The molecule has 0 radical (unpaired) electrons. The maximum Gasteiger partial charge on any atom is 0.248 e. The molecule has 0 saturated heterocycles. The fourth-order valence-corrected chi connectivity index (χ4v) is 2.60. The molecular weight excluding hydrogens is 343 g/mol. The predicted molar refractivity (Wildman–Crippen MR) is 103 cm³/mol. The number of aromatic nitrogens is 3. The Kier molecular flexibility index (Phi) is 4.45. The van der Waals surface area contributed by atoms with E-state index in [0.29, 0.717) is 22.4 Å². The standard InChI is InChI=1S/C21H15FN4O/c22-16-7-10-18(11-8-16)26-24-19-12-9-17(14-20(19)25-26)23-21(27)13-6-15-4-2-1-3-5-15/h1-14H,(H,23,27). The van der Waals surface area contributed by atoms with Gasteiger partial charge in [-0.15, -0.1) is 10.2 Å². The normalized spacial score (nSPS) is 11.1. The van der Waals surface area contributed by atoms with E-state index < -0.39 is 0 Å². The number of hydrogen-bond acceptors (Lipinski definition) is 3. The van der Waals surface area contributed by atoms with Gasteiger partial charge in [0, 0.05) is 11.8 Å². The van der Waals surface area contributed by atoms with Crippen LogP contribution in [0.15, 0.2) is 78.9 Å². The third-order valence-electron chi connectivity index (χ3n) is 3.93. The molecule has 4 aromatic rings. The van der Waals surface area contributed by atoms with E-state index in [-0.39, 0.29) is 11.7 Å². The first-order valence-electron chi connectivity index (χ1n) is 8.34. The van der Waals surface area contributed by atoms with Gasteiger partial charge in [0.15, 0.2) is 0 Å². The molecule has 0 spiro atoms. The van der Waals surface area contributed by atoms with Gasteiger partial charge < -0.3 is 5.32 Å². The molecule has 132 valence electrons. The highest BCUT2D eigenvalue weighted by atomic mass is 19.1. The Morgan fingerprint density at radius 1 is 0.926 bits per heavy atom. The van der Waals surface area contributed by atoms with E-state index >= 15 is 0 Å². The smallest absolute Gasteiger partial charge is 0.248 e. The molecule has 1 heterocycles. The molecule has 1 N–H and O–H groups in total. The number of halogens is 1. The van der Waals surface area contributed by atoms with Gasteiger partial charge in [0.25, 0.3) is 0 Å². The molecule has 0 bridgehead atoms. The van der Waals surface area contributed by atoms with Gasteiger partial charge in [-0.1, -0.05) is 30.3 Å². The number of carbonyl (C=O) groups is 1. The van der Waals surface area contributed by atoms with Crippen LogP contribution in [0.5, 0.6) is 0 Å². The van der Waals surface area contributed by atoms with Crippen molar-refractivity contribution in [2.75, 3.05) is 5.32 Å². The van der Waals surface area contributed by atoms with E-state index in [0.717, 1.165) is 5.56 Å². The van der Waals surface area contributed by atoms with E-state index in [4.69, 9.17) is 0 Å². The van der Waals surface area contributed by atoms with Crippen LogP contribution in [0.4, 0.5) is 10.1 Å².